The van der Waals surface area contributed by atoms with E-state index in [1.54, 1.807) is 0 Å². The average molecular weight is 253 g/mol. The Hall–Kier alpha value is -1.80. The van der Waals surface area contributed by atoms with Crippen LogP contribution in [0.1, 0.15) is 17.9 Å². The highest BCUT2D eigenvalue weighted by molar-refractivity contribution is 5.72. The van der Waals surface area contributed by atoms with Crippen molar-refractivity contribution < 1.29 is 4.74 Å². The number of nitrogens with one attached hydrogen (secondary N) is 1. The number of fused-ring (bicyclic) bond motifs is 1. The van der Waals surface area contributed by atoms with Gasteiger partial charge in [-0.05, 0) is 24.6 Å². The summed E-state index contributed by atoms with van der Waals surface area (Å²) in [4.78, 5) is 0. The van der Waals surface area contributed by atoms with Crippen LogP contribution in [0.4, 0.5) is 0 Å². The van der Waals surface area contributed by atoms with Crippen LogP contribution in [-0.2, 0) is 0 Å². The third-order valence-corrected chi connectivity index (χ3v) is 3.73. The maximum absolute atomic E-state index is 5.96. The summed E-state index contributed by atoms with van der Waals surface area (Å²) in [6, 6.07) is 17.0. The monoisotopic (exact) mass is 253 g/mol. The molecule has 0 unspecified atom stereocenters. The first-order valence-corrected chi connectivity index (χ1v) is 6.86. The van der Waals surface area contributed by atoms with E-state index in [9.17, 15) is 0 Å². The lowest BCUT2D eigenvalue weighted by Crippen LogP contribution is -2.23. The molecular weight excluding hydrogens is 234 g/mol. The fraction of sp³-hybridized carbons (Fsp3) is 0.294. The lowest BCUT2D eigenvalue weighted by molar-refractivity contribution is 0.267. The van der Waals surface area contributed by atoms with Crippen LogP contribution in [0.15, 0.2) is 48.5 Å². The van der Waals surface area contributed by atoms with Gasteiger partial charge in [-0.2, -0.15) is 0 Å². The topological polar surface area (TPSA) is 21.3 Å². The molecule has 1 heterocycles. The smallest absolute Gasteiger partial charge is 0.130 e. The van der Waals surface area contributed by atoms with Crippen molar-refractivity contribution in [2.75, 3.05) is 20.2 Å². The summed E-state index contributed by atoms with van der Waals surface area (Å²) < 4.78 is 5.96. The molecule has 0 saturated heterocycles. The first kappa shape index (κ1) is 12.2. The molecule has 0 amide bonds. The zero-order chi connectivity index (χ0) is 13.1. The van der Waals surface area contributed by atoms with Crippen molar-refractivity contribution in [3.63, 3.8) is 0 Å². The van der Waals surface area contributed by atoms with Gasteiger partial charge in [-0.1, -0.05) is 48.5 Å². The lowest BCUT2D eigenvalue weighted by Gasteiger charge is -2.27. The summed E-state index contributed by atoms with van der Waals surface area (Å²) in [5, 5.41) is 3.28. The van der Waals surface area contributed by atoms with Gasteiger partial charge in [-0.25, -0.2) is 0 Å². The second-order valence-corrected chi connectivity index (χ2v) is 4.98. The Balaban J connectivity index is 2.06. The zero-order valence-corrected chi connectivity index (χ0v) is 11.2. The molecule has 0 aromatic heterocycles. The van der Waals surface area contributed by atoms with Crippen LogP contribution in [-0.4, -0.2) is 20.2 Å². The van der Waals surface area contributed by atoms with Crippen LogP contribution in [0, 0.1) is 0 Å². The number of hydrogen-bond acceptors (Lipinski definition) is 2. The Labute approximate surface area is 114 Å². The van der Waals surface area contributed by atoms with E-state index in [1.165, 1.54) is 16.7 Å². The molecule has 0 spiro atoms. The molecule has 0 saturated carbocycles. The third-order valence-electron chi connectivity index (χ3n) is 3.73. The fourth-order valence-electron chi connectivity index (χ4n) is 2.80. The van der Waals surface area contributed by atoms with Crippen LogP contribution in [0.5, 0.6) is 5.75 Å². The van der Waals surface area contributed by atoms with Gasteiger partial charge < -0.3 is 10.1 Å². The van der Waals surface area contributed by atoms with E-state index in [0.717, 1.165) is 25.3 Å². The molecular formula is C17H19NO. The van der Waals surface area contributed by atoms with Crippen LogP contribution >= 0.6 is 0 Å². The Morgan fingerprint density at radius 1 is 1.11 bits per heavy atom. The molecule has 0 fully saturated rings. The molecule has 19 heavy (non-hydrogen) atoms. The standard InChI is InChI=1S/C17H19NO/c1-18-12-14-10-11-19-17-15(8-5-9-16(14)17)13-6-3-2-4-7-13/h2-9,14,18H,10-12H2,1H3/t14-/m1/s1. The number of benzene rings is 2. The average Bonchev–Trinajstić information content (AvgIpc) is 2.48. The number of hydrogen-bond donors (Lipinski definition) is 1. The molecule has 2 nitrogen and oxygen atoms in total. The molecule has 3 rings (SSSR count). The number of likely N-dealkylation sites (N-methyl/N-ethyl adjacent to an activating group) is 1. The maximum atomic E-state index is 5.96. The van der Waals surface area contributed by atoms with E-state index < -0.39 is 0 Å². The van der Waals surface area contributed by atoms with Gasteiger partial charge in [-0.3, -0.25) is 0 Å². The minimum atomic E-state index is 0.553. The molecule has 1 N–H and O–H groups in total. The second kappa shape index (κ2) is 5.45. The van der Waals surface area contributed by atoms with Gasteiger partial charge in [0.1, 0.15) is 5.75 Å². The number of ether oxygens (including phenoxy) is 1. The third kappa shape index (κ3) is 2.36. The second-order valence-electron chi connectivity index (χ2n) is 4.98. The van der Waals surface area contributed by atoms with Gasteiger partial charge in [0.2, 0.25) is 0 Å². The number of para-hydroxylation sites is 1. The van der Waals surface area contributed by atoms with Crippen molar-refractivity contribution in [3.8, 4) is 16.9 Å². The van der Waals surface area contributed by atoms with E-state index in [4.69, 9.17) is 4.74 Å². The molecule has 2 heteroatoms. The maximum Gasteiger partial charge on any atom is 0.130 e. The van der Waals surface area contributed by atoms with Crippen molar-refractivity contribution >= 4 is 0 Å². The van der Waals surface area contributed by atoms with Crippen LogP contribution in [0.2, 0.25) is 0 Å². The van der Waals surface area contributed by atoms with Crippen molar-refractivity contribution in [1.29, 1.82) is 0 Å². The molecule has 2 aromatic rings. The summed E-state index contributed by atoms with van der Waals surface area (Å²) >= 11 is 0. The minimum Gasteiger partial charge on any atom is -0.493 e. The fourth-order valence-corrected chi connectivity index (χ4v) is 2.80. The van der Waals surface area contributed by atoms with Crippen molar-refractivity contribution in [2.24, 2.45) is 0 Å². The SMILES string of the molecule is CNC[C@H]1CCOc2c(-c3ccccc3)cccc21. The Morgan fingerprint density at radius 2 is 1.95 bits per heavy atom. The number of rotatable bonds is 3. The highest BCUT2D eigenvalue weighted by Gasteiger charge is 2.23. The highest BCUT2D eigenvalue weighted by Crippen LogP contribution is 2.40. The Bertz CT molecular complexity index is 550. The van der Waals surface area contributed by atoms with E-state index in [0.29, 0.717) is 5.92 Å². The Morgan fingerprint density at radius 3 is 2.74 bits per heavy atom. The van der Waals surface area contributed by atoms with Crippen LogP contribution in [0.3, 0.4) is 0 Å². The molecule has 1 atom stereocenters. The quantitative estimate of drug-likeness (QED) is 0.904. The van der Waals surface area contributed by atoms with Gasteiger partial charge in [-0.15, -0.1) is 0 Å². The molecule has 0 aliphatic carbocycles. The summed E-state index contributed by atoms with van der Waals surface area (Å²) in [7, 11) is 2.01. The van der Waals surface area contributed by atoms with Crippen molar-refractivity contribution in [1.82, 2.24) is 5.32 Å². The first-order chi connectivity index (χ1) is 9.40. The predicted molar refractivity (Wildman–Crippen MR) is 78.7 cm³/mol. The molecule has 1 aliphatic heterocycles. The van der Waals surface area contributed by atoms with Crippen LogP contribution in [0.25, 0.3) is 11.1 Å². The van der Waals surface area contributed by atoms with Gasteiger partial charge in [0.25, 0.3) is 0 Å². The zero-order valence-electron chi connectivity index (χ0n) is 11.2. The Kier molecular flexibility index (Phi) is 3.51. The van der Waals surface area contributed by atoms with Crippen molar-refractivity contribution in [3.05, 3.63) is 54.1 Å². The lowest BCUT2D eigenvalue weighted by atomic mass is 9.89. The minimum absolute atomic E-state index is 0.553. The molecule has 0 bridgehead atoms. The molecule has 0 radical (unpaired) electrons. The van der Waals surface area contributed by atoms with Gasteiger partial charge in [0.15, 0.2) is 0 Å². The van der Waals surface area contributed by atoms with E-state index >= 15 is 0 Å². The molecule has 98 valence electrons. The summed E-state index contributed by atoms with van der Waals surface area (Å²) in [5.41, 5.74) is 3.77. The first-order valence-electron chi connectivity index (χ1n) is 6.86. The van der Waals surface area contributed by atoms with Crippen LogP contribution < -0.4 is 10.1 Å². The molecule has 1 aliphatic rings. The normalized spacial score (nSPS) is 17.6. The van der Waals surface area contributed by atoms with E-state index in [-0.39, 0.29) is 0 Å². The summed E-state index contributed by atoms with van der Waals surface area (Å²) in [6.45, 7) is 1.82. The molecule has 2 aromatic carbocycles. The van der Waals surface area contributed by atoms with Crippen molar-refractivity contribution in [2.45, 2.75) is 12.3 Å². The van der Waals surface area contributed by atoms with Gasteiger partial charge >= 0.3 is 0 Å². The largest absolute Gasteiger partial charge is 0.493 e. The summed E-state index contributed by atoms with van der Waals surface area (Å²) in [5.74, 6) is 1.62. The van der Waals surface area contributed by atoms with Gasteiger partial charge in [0.05, 0.1) is 6.61 Å². The predicted octanol–water partition coefficient (Wildman–Crippen LogP) is 3.44. The summed E-state index contributed by atoms with van der Waals surface area (Å²) in [6.07, 6.45) is 1.09. The van der Waals surface area contributed by atoms with E-state index in [1.807, 2.05) is 13.1 Å². The highest BCUT2D eigenvalue weighted by atomic mass is 16.5. The van der Waals surface area contributed by atoms with Gasteiger partial charge in [0, 0.05) is 18.0 Å². The van der Waals surface area contributed by atoms with E-state index in [2.05, 4.69) is 47.8 Å².